The molecule has 0 aliphatic carbocycles. The Hall–Kier alpha value is -3.85. The number of fused-ring (bicyclic) bond motifs is 4. The fourth-order valence-electron chi connectivity index (χ4n) is 6.18. The van der Waals surface area contributed by atoms with Gasteiger partial charge < -0.3 is 25.6 Å². The van der Waals surface area contributed by atoms with Crippen molar-refractivity contribution in [1.29, 1.82) is 0 Å². The van der Waals surface area contributed by atoms with Crippen molar-refractivity contribution in [3.63, 3.8) is 0 Å². The summed E-state index contributed by atoms with van der Waals surface area (Å²) >= 11 is 0. The lowest BCUT2D eigenvalue weighted by Gasteiger charge is -2.42. The summed E-state index contributed by atoms with van der Waals surface area (Å²) in [6.45, 7) is 4.26. The number of rotatable bonds is 1. The number of aliphatic hydroxyl groups is 1. The number of nitrogens with one attached hydrogen (secondary N) is 1. The molecule has 0 saturated carbocycles. The van der Waals surface area contributed by atoms with Crippen LogP contribution in [0.4, 0.5) is 0 Å². The first-order valence-electron chi connectivity index (χ1n) is 13.7. The van der Waals surface area contributed by atoms with Gasteiger partial charge in [-0.05, 0) is 62.1 Å². The molecule has 2 amide bonds. The molecule has 5 heterocycles. The van der Waals surface area contributed by atoms with E-state index in [4.69, 9.17) is 20.2 Å². The largest absolute Gasteiger partial charge is 0.493 e. The molecule has 3 unspecified atom stereocenters. The number of allylic oxidation sites excluding steroid dienone is 1. The SMILES string of the molecule is CC[C@@]12CC/C=C\c3ccc4c(c3)C(NC(=O)c3ccc5c(c3)[C@@H](CCO5)N(C(=O)C1)C(N)=N2)C(O)C(C)O4. The number of aliphatic hydroxyl groups excluding tert-OH is 1. The molecule has 0 spiro atoms. The highest BCUT2D eigenvalue weighted by atomic mass is 16.5. The Morgan fingerprint density at radius 2 is 2.00 bits per heavy atom. The molecular weight excluding hydrogens is 496 g/mol. The molecule has 5 atom stereocenters. The van der Waals surface area contributed by atoms with Crippen LogP contribution in [0.15, 0.2) is 47.5 Å². The molecular formula is C30H34N4O5. The second-order valence-corrected chi connectivity index (χ2v) is 10.9. The van der Waals surface area contributed by atoms with Crippen LogP contribution >= 0.6 is 0 Å². The van der Waals surface area contributed by atoms with Crippen molar-refractivity contribution >= 4 is 23.8 Å². The standard InChI is InChI=1S/C30H34N4O5/c1-3-30-12-5-4-6-18-7-9-24-21(14-18)26(27(36)17(2)39-24)32-28(37)19-8-10-23-20(15-19)22(11-13-38-23)34(25(35)16-30)29(31)33-30/h4,6-10,14-15,17,22,26-27,36H,3,5,11-13,16H2,1-2H3,(H2,31,33)(H,32,37)/b6-4-/t17?,22-,26?,27?,30-/m1/s1. The third-order valence-electron chi connectivity index (χ3n) is 8.47. The fraction of sp³-hybridized carbons (Fsp3) is 0.433. The van der Waals surface area contributed by atoms with E-state index >= 15 is 0 Å². The van der Waals surface area contributed by atoms with Gasteiger partial charge in [-0.3, -0.25) is 14.5 Å². The lowest BCUT2D eigenvalue weighted by Crippen LogP contribution is -2.53. The number of hydrogen-bond donors (Lipinski definition) is 3. The fourth-order valence-corrected chi connectivity index (χ4v) is 6.18. The minimum absolute atomic E-state index is 0.0679. The minimum Gasteiger partial charge on any atom is -0.493 e. The first-order chi connectivity index (χ1) is 18.8. The molecule has 5 aliphatic heterocycles. The number of ether oxygens (including phenoxy) is 2. The molecule has 0 aromatic heterocycles. The Kier molecular flexibility index (Phi) is 6.33. The summed E-state index contributed by atoms with van der Waals surface area (Å²) in [5.74, 6) is 1.06. The number of guanidine groups is 1. The van der Waals surface area contributed by atoms with Gasteiger partial charge >= 0.3 is 0 Å². The van der Waals surface area contributed by atoms with Crippen molar-refractivity contribution in [3.05, 3.63) is 64.7 Å². The van der Waals surface area contributed by atoms with E-state index in [1.54, 1.807) is 30.0 Å². The van der Waals surface area contributed by atoms with Crippen LogP contribution in [-0.2, 0) is 4.79 Å². The molecule has 6 bridgehead atoms. The summed E-state index contributed by atoms with van der Waals surface area (Å²) in [4.78, 5) is 33.6. The second-order valence-electron chi connectivity index (χ2n) is 10.9. The Bertz CT molecular complexity index is 1390. The van der Waals surface area contributed by atoms with E-state index < -0.39 is 23.8 Å². The zero-order chi connectivity index (χ0) is 27.3. The molecule has 2 aromatic carbocycles. The third kappa shape index (κ3) is 4.44. The lowest BCUT2D eigenvalue weighted by molar-refractivity contribution is -0.132. The van der Waals surface area contributed by atoms with Crippen molar-refractivity contribution in [2.24, 2.45) is 10.7 Å². The van der Waals surface area contributed by atoms with Gasteiger partial charge in [0.2, 0.25) is 5.91 Å². The number of aliphatic imine (C=N–C) groups is 1. The quantitative estimate of drug-likeness (QED) is 0.517. The summed E-state index contributed by atoms with van der Waals surface area (Å²) < 4.78 is 11.8. The van der Waals surface area contributed by atoms with Crippen LogP contribution in [-0.4, -0.2) is 52.1 Å². The molecule has 7 rings (SSSR count). The Morgan fingerprint density at radius 1 is 1.18 bits per heavy atom. The summed E-state index contributed by atoms with van der Waals surface area (Å²) in [5, 5.41) is 14.1. The predicted molar refractivity (Wildman–Crippen MR) is 146 cm³/mol. The highest BCUT2D eigenvalue weighted by Crippen LogP contribution is 2.41. The van der Waals surface area contributed by atoms with Crippen molar-refractivity contribution in [1.82, 2.24) is 10.2 Å². The zero-order valence-corrected chi connectivity index (χ0v) is 22.2. The normalized spacial score (nSPS) is 30.7. The van der Waals surface area contributed by atoms with Crippen LogP contribution in [0.25, 0.3) is 6.08 Å². The Labute approximate surface area is 227 Å². The molecule has 9 nitrogen and oxygen atoms in total. The Balaban J connectivity index is 1.47. The van der Waals surface area contributed by atoms with Gasteiger partial charge in [0.15, 0.2) is 5.96 Å². The average molecular weight is 531 g/mol. The summed E-state index contributed by atoms with van der Waals surface area (Å²) in [7, 11) is 0. The number of benzene rings is 2. The molecule has 2 aromatic rings. The van der Waals surface area contributed by atoms with E-state index in [9.17, 15) is 14.7 Å². The maximum atomic E-state index is 13.6. The van der Waals surface area contributed by atoms with Gasteiger partial charge in [-0.15, -0.1) is 0 Å². The monoisotopic (exact) mass is 530 g/mol. The summed E-state index contributed by atoms with van der Waals surface area (Å²) in [5.41, 5.74) is 8.72. The van der Waals surface area contributed by atoms with Crippen LogP contribution in [0, 0.1) is 0 Å². The molecule has 5 aliphatic rings. The number of amides is 2. The van der Waals surface area contributed by atoms with E-state index in [0.29, 0.717) is 42.9 Å². The third-order valence-corrected chi connectivity index (χ3v) is 8.47. The molecule has 9 heteroatoms. The van der Waals surface area contributed by atoms with Crippen molar-refractivity contribution in [2.45, 2.75) is 75.8 Å². The van der Waals surface area contributed by atoms with E-state index in [1.165, 1.54) is 0 Å². The molecule has 39 heavy (non-hydrogen) atoms. The van der Waals surface area contributed by atoms with Crippen LogP contribution < -0.4 is 20.5 Å². The Morgan fingerprint density at radius 3 is 2.79 bits per heavy atom. The van der Waals surface area contributed by atoms with E-state index in [0.717, 1.165) is 23.1 Å². The first-order valence-corrected chi connectivity index (χ1v) is 13.7. The number of hydrogen-bond acceptors (Lipinski definition) is 7. The van der Waals surface area contributed by atoms with Gasteiger partial charge in [0.05, 0.1) is 30.7 Å². The van der Waals surface area contributed by atoms with Crippen molar-refractivity contribution in [3.8, 4) is 11.5 Å². The molecule has 0 radical (unpaired) electrons. The molecule has 0 saturated heterocycles. The molecule has 0 fully saturated rings. The van der Waals surface area contributed by atoms with E-state index in [1.807, 2.05) is 31.2 Å². The van der Waals surface area contributed by atoms with Gasteiger partial charge in [-0.25, -0.2) is 4.99 Å². The number of carbonyl (C=O) groups excluding carboxylic acids is 2. The maximum absolute atomic E-state index is 13.6. The van der Waals surface area contributed by atoms with Gasteiger partial charge in [0.25, 0.3) is 5.91 Å². The molecule has 204 valence electrons. The highest BCUT2D eigenvalue weighted by Gasteiger charge is 2.43. The summed E-state index contributed by atoms with van der Waals surface area (Å²) in [6, 6.07) is 9.95. The molecule has 4 N–H and O–H groups in total. The van der Waals surface area contributed by atoms with E-state index in [2.05, 4.69) is 11.4 Å². The zero-order valence-electron chi connectivity index (χ0n) is 22.2. The number of carbonyl (C=O) groups is 2. The lowest BCUT2D eigenvalue weighted by atomic mass is 9.84. The van der Waals surface area contributed by atoms with Gasteiger partial charge in [-0.2, -0.15) is 0 Å². The number of nitrogens with two attached hydrogens (primary N) is 1. The van der Waals surface area contributed by atoms with Crippen molar-refractivity contribution in [2.75, 3.05) is 6.61 Å². The topological polar surface area (TPSA) is 126 Å². The van der Waals surface area contributed by atoms with Crippen LogP contribution in [0.2, 0.25) is 0 Å². The van der Waals surface area contributed by atoms with Crippen LogP contribution in [0.1, 0.15) is 85.1 Å². The number of nitrogens with zero attached hydrogens (tertiary/aromatic N) is 2. The summed E-state index contributed by atoms with van der Waals surface area (Å²) in [6.07, 6.45) is 5.57. The van der Waals surface area contributed by atoms with Crippen LogP contribution in [0.3, 0.4) is 0 Å². The van der Waals surface area contributed by atoms with Crippen molar-refractivity contribution < 1.29 is 24.2 Å². The average Bonchev–Trinajstić information content (AvgIpc) is 2.92. The predicted octanol–water partition coefficient (Wildman–Crippen LogP) is 3.63. The van der Waals surface area contributed by atoms with Gasteiger partial charge in [0, 0.05) is 23.1 Å². The highest BCUT2D eigenvalue weighted by molar-refractivity contribution is 6.00. The first kappa shape index (κ1) is 25.4. The minimum atomic E-state index is -0.931. The van der Waals surface area contributed by atoms with Gasteiger partial charge in [-0.1, -0.05) is 25.1 Å². The smallest absolute Gasteiger partial charge is 0.251 e. The maximum Gasteiger partial charge on any atom is 0.251 e. The van der Waals surface area contributed by atoms with Gasteiger partial charge in [0.1, 0.15) is 23.7 Å². The second kappa shape index (κ2) is 9.72. The van der Waals surface area contributed by atoms with E-state index in [-0.39, 0.29) is 30.2 Å². The van der Waals surface area contributed by atoms with Crippen LogP contribution in [0.5, 0.6) is 11.5 Å².